The SMILES string of the molecule is CCNCOc1cc(OCCNC)c2c3c1C(O)Nc1cc4c(c(c1-3)CC2)C(O)C(c1cc(OC)c(O)c(OCC(CO)C23CC(C5(N6C(=O)C=CC6=O)CCCCC5)CC5C(CCO)CC(CC52)c2ccccc23)c1)CO4. The summed E-state index contributed by atoms with van der Waals surface area (Å²) in [6, 6.07) is 15.9. The van der Waals surface area contributed by atoms with Crippen LogP contribution in [0.1, 0.15) is 134 Å². The number of amides is 2. The molecule has 3 saturated carbocycles. The summed E-state index contributed by atoms with van der Waals surface area (Å²) in [7, 11) is 3.36. The number of phenolic OH excluding ortho intramolecular Hbond substituents is 1. The monoisotopic (exact) mass is 1070 g/mol. The number of aromatic hydroxyl groups is 1. The zero-order valence-electron chi connectivity index (χ0n) is 45.2. The van der Waals surface area contributed by atoms with Crippen molar-refractivity contribution in [3.63, 3.8) is 0 Å². The van der Waals surface area contributed by atoms with Crippen molar-refractivity contribution >= 4 is 17.5 Å². The molecule has 16 nitrogen and oxygen atoms in total. The lowest BCUT2D eigenvalue weighted by Crippen LogP contribution is -2.65. The van der Waals surface area contributed by atoms with Crippen LogP contribution in [0.25, 0.3) is 11.1 Å². The molecule has 4 aromatic rings. The number of aliphatic hydroxyl groups is 4. The fourth-order valence-corrected chi connectivity index (χ4v) is 16.5. The number of anilines is 1. The molecule has 8 N–H and O–H groups in total. The molecular formula is C62H76N4O12. The number of hydrogen-bond donors (Lipinski definition) is 8. The van der Waals surface area contributed by atoms with Gasteiger partial charge in [0.05, 0.1) is 44.1 Å². The Morgan fingerprint density at radius 1 is 0.885 bits per heavy atom. The van der Waals surface area contributed by atoms with E-state index in [-0.39, 0.29) is 91.8 Å². The highest BCUT2D eigenvalue weighted by atomic mass is 16.5. The van der Waals surface area contributed by atoms with E-state index in [0.717, 1.165) is 73.6 Å². The Kier molecular flexibility index (Phi) is 14.4. The Morgan fingerprint density at radius 2 is 1.67 bits per heavy atom. The third-order valence-electron chi connectivity index (χ3n) is 19.8. The molecule has 416 valence electrons. The normalized spacial score (nSPS) is 28.2. The molecule has 2 amide bonds. The number of ether oxygens (including phenoxy) is 5. The first-order valence-electron chi connectivity index (χ1n) is 28.7. The van der Waals surface area contributed by atoms with Gasteiger partial charge in [-0.15, -0.1) is 0 Å². The molecule has 0 spiro atoms. The van der Waals surface area contributed by atoms with Gasteiger partial charge in [0.25, 0.3) is 11.8 Å². The summed E-state index contributed by atoms with van der Waals surface area (Å²) in [5.74, 6) is 0.882. The number of nitrogens with zero attached hydrogens (tertiary/aromatic N) is 1. The minimum atomic E-state index is -1.08. The molecule has 5 aliphatic carbocycles. The van der Waals surface area contributed by atoms with Gasteiger partial charge in [-0.05, 0) is 135 Å². The lowest BCUT2D eigenvalue weighted by Gasteiger charge is -2.65. The molecule has 78 heavy (non-hydrogen) atoms. The number of carbonyl (C=O) groups excluding carboxylic acids is 2. The van der Waals surface area contributed by atoms with Crippen LogP contribution in [-0.2, 0) is 27.8 Å². The van der Waals surface area contributed by atoms with Gasteiger partial charge >= 0.3 is 0 Å². The van der Waals surface area contributed by atoms with Crippen LogP contribution in [0.2, 0.25) is 0 Å². The Balaban J connectivity index is 0.906. The Morgan fingerprint density at radius 3 is 2.42 bits per heavy atom. The number of methoxy groups -OCH3 is 1. The maximum absolute atomic E-state index is 13.9. The standard InChI is InChI=1S/C62H76N4O12/c1-4-64-33-78-49-28-47(75-21-19-63-2)40-12-13-41-54-46(65-60(73)57(49)56(40)54)27-48-55(41)58(71)43(32-77-48)36-24-50(74-3)59(72)51(25-36)76-31-38(30-68)62-29-37(61(17-8-5-9-18-61)66-52(69)14-15-53(66)70)26-42-34(16-20-67)22-35(23-45(42)62)39-10-6-7-11-44(39)62/h6-7,10-11,14-15,24-25,27-28,34-35,37-38,42-43,45,58,60,63-65,67-68,71-73H,4-5,8-9,12-13,16-23,26,29-33H2,1-3H3. The maximum Gasteiger partial charge on any atom is 0.254 e. The van der Waals surface area contributed by atoms with Crippen LogP contribution in [0.15, 0.2) is 60.7 Å². The van der Waals surface area contributed by atoms with Crippen molar-refractivity contribution in [3.8, 4) is 45.6 Å². The molecular weight excluding hydrogens is 993 g/mol. The van der Waals surface area contributed by atoms with Crippen LogP contribution in [0.5, 0.6) is 34.5 Å². The number of aliphatic hydroxyl groups excluding tert-OH is 4. The summed E-state index contributed by atoms with van der Waals surface area (Å²) in [5, 5.41) is 68.8. The number of phenols is 1. The van der Waals surface area contributed by atoms with Crippen LogP contribution < -0.4 is 39.6 Å². The predicted octanol–water partition coefficient (Wildman–Crippen LogP) is 7.42. The smallest absolute Gasteiger partial charge is 0.254 e. The average molecular weight is 1070 g/mol. The summed E-state index contributed by atoms with van der Waals surface area (Å²) in [6.45, 7) is 3.96. The zero-order valence-corrected chi connectivity index (χ0v) is 45.2. The first kappa shape index (κ1) is 52.8. The van der Waals surface area contributed by atoms with Crippen molar-refractivity contribution in [3.05, 3.63) is 99.6 Å². The maximum atomic E-state index is 13.9. The summed E-state index contributed by atoms with van der Waals surface area (Å²) in [6.07, 6.45) is 10.1. The topological polar surface area (TPSA) is 221 Å². The largest absolute Gasteiger partial charge is 0.502 e. The van der Waals surface area contributed by atoms with Crippen LogP contribution in [0, 0.1) is 29.6 Å². The van der Waals surface area contributed by atoms with E-state index in [1.54, 1.807) is 17.0 Å². The van der Waals surface area contributed by atoms with Crippen molar-refractivity contribution in [1.29, 1.82) is 0 Å². The van der Waals surface area contributed by atoms with E-state index in [1.807, 2.05) is 26.1 Å². The summed E-state index contributed by atoms with van der Waals surface area (Å²) in [4.78, 5) is 29.3. The minimum Gasteiger partial charge on any atom is -0.502 e. The van der Waals surface area contributed by atoms with Gasteiger partial charge in [-0.2, -0.15) is 0 Å². The molecule has 3 aliphatic heterocycles. The molecule has 12 rings (SSSR count). The zero-order chi connectivity index (χ0) is 54.0. The molecule has 3 heterocycles. The van der Waals surface area contributed by atoms with Crippen molar-refractivity contribution in [2.75, 3.05) is 72.3 Å². The van der Waals surface area contributed by atoms with E-state index in [4.69, 9.17) is 23.7 Å². The van der Waals surface area contributed by atoms with E-state index in [1.165, 1.54) is 30.4 Å². The third-order valence-corrected chi connectivity index (χ3v) is 19.8. The van der Waals surface area contributed by atoms with E-state index in [9.17, 15) is 35.1 Å². The molecule has 0 saturated heterocycles. The lowest BCUT2D eigenvalue weighted by atomic mass is 9.40. The number of nitrogens with one attached hydrogen (secondary N) is 3. The number of likely N-dealkylation sites (N-methyl/N-ethyl adjacent to an activating group) is 1. The predicted molar refractivity (Wildman–Crippen MR) is 292 cm³/mol. The first-order chi connectivity index (χ1) is 38.0. The van der Waals surface area contributed by atoms with Crippen LogP contribution >= 0.6 is 0 Å². The van der Waals surface area contributed by atoms with E-state index >= 15 is 0 Å². The van der Waals surface area contributed by atoms with E-state index in [2.05, 4.69) is 40.2 Å². The highest BCUT2D eigenvalue weighted by molar-refractivity contribution is 6.13. The molecule has 10 atom stereocenters. The van der Waals surface area contributed by atoms with E-state index < -0.39 is 35.1 Å². The Labute approximate surface area is 456 Å². The molecule has 0 aromatic heterocycles. The second-order valence-corrected chi connectivity index (χ2v) is 23.3. The minimum absolute atomic E-state index is 0.0245. The van der Waals surface area contributed by atoms with Gasteiger partial charge in [0.1, 0.15) is 30.6 Å². The van der Waals surface area contributed by atoms with Gasteiger partial charge in [0.2, 0.25) is 5.75 Å². The van der Waals surface area contributed by atoms with Gasteiger partial charge in [-0.1, -0.05) is 50.5 Å². The second-order valence-electron chi connectivity index (χ2n) is 23.3. The highest BCUT2D eigenvalue weighted by Gasteiger charge is 2.64. The number of carbonyl (C=O) groups is 2. The van der Waals surface area contributed by atoms with Crippen molar-refractivity contribution in [2.45, 2.75) is 119 Å². The molecule has 8 aliphatic rings. The number of imide groups is 1. The molecule has 3 fully saturated rings. The summed E-state index contributed by atoms with van der Waals surface area (Å²) in [5.41, 5.74) is 7.22. The lowest BCUT2D eigenvalue weighted by molar-refractivity contribution is -0.156. The molecule has 0 radical (unpaired) electrons. The number of fused-ring (bicyclic) bond motifs is 6. The molecule has 2 bridgehead atoms. The molecule has 4 aromatic carbocycles. The van der Waals surface area contributed by atoms with Gasteiger partial charge in [0.15, 0.2) is 17.7 Å². The van der Waals surface area contributed by atoms with Gasteiger partial charge in [0, 0.05) is 82.6 Å². The Hall–Kier alpha value is -5.88. The average Bonchev–Trinajstić information content (AvgIpc) is 3.91. The fourth-order valence-electron chi connectivity index (χ4n) is 16.5. The third kappa shape index (κ3) is 8.45. The van der Waals surface area contributed by atoms with Crippen molar-refractivity contribution < 1.29 is 58.8 Å². The summed E-state index contributed by atoms with van der Waals surface area (Å²) >= 11 is 0. The van der Waals surface area contributed by atoms with Gasteiger partial charge in [-0.3, -0.25) is 19.8 Å². The summed E-state index contributed by atoms with van der Waals surface area (Å²) < 4.78 is 32.0. The quantitative estimate of drug-likeness (QED) is 0.0260. The number of benzene rings is 4. The number of hydrogen-bond acceptors (Lipinski definition) is 15. The first-order valence-corrected chi connectivity index (χ1v) is 28.7. The van der Waals surface area contributed by atoms with E-state index in [0.29, 0.717) is 85.0 Å². The number of rotatable bonds is 19. The van der Waals surface area contributed by atoms with Crippen molar-refractivity contribution in [2.24, 2.45) is 29.6 Å². The Bertz CT molecular complexity index is 2970. The molecule has 10 unspecified atom stereocenters. The highest BCUT2D eigenvalue weighted by Crippen LogP contribution is 2.68. The molecule has 16 heteroatoms. The second kappa shape index (κ2) is 21.3. The van der Waals surface area contributed by atoms with Crippen LogP contribution in [0.3, 0.4) is 0 Å². The van der Waals surface area contributed by atoms with Crippen molar-refractivity contribution in [1.82, 2.24) is 15.5 Å². The van der Waals surface area contributed by atoms with Crippen LogP contribution in [-0.4, -0.2) is 115 Å². The van der Waals surface area contributed by atoms with Gasteiger partial charge in [-0.25, -0.2) is 0 Å². The van der Waals surface area contributed by atoms with Gasteiger partial charge < -0.3 is 59.9 Å². The fraction of sp³-hybridized carbons (Fsp3) is 0.548. The van der Waals surface area contributed by atoms with Crippen LogP contribution in [0.4, 0.5) is 5.69 Å².